The second-order valence-corrected chi connectivity index (χ2v) is 5.63. The molecule has 0 aromatic heterocycles. The molecular weight excluding hydrogens is 271 g/mol. The summed E-state index contributed by atoms with van der Waals surface area (Å²) in [4.78, 5) is 12.0. The number of hydrogen-bond donors (Lipinski definition) is 2. The fourth-order valence-electron chi connectivity index (χ4n) is 2.56. The van der Waals surface area contributed by atoms with Crippen molar-refractivity contribution in [3.63, 3.8) is 0 Å². The number of amides is 1. The lowest BCUT2D eigenvalue weighted by molar-refractivity contribution is -0.126. The molecule has 0 saturated heterocycles. The summed E-state index contributed by atoms with van der Waals surface area (Å²) >= 11 is 0. The SMILES string of the molecule is NC1(C(=O)NCCCCOc2ccc(F)cc2)CCCC1. The van der Waals surface area contributed by atoms with Crippen LogP contribution >= 0.6 is 0 Å². The summed E-state index contributed by atoms with van der Waals surface area (Å²) in [6, 6.07) is 5.96. The van der Waals surface area contributed by atoms with Crippen LogP contribution in [0.3, 0.4) is 0 Å². The second-order valence-electron chi connectivity index (χ2n) is 5.63. The van der Waals surface area contributed by atoms with Crippen molar-refractivity contribution in [2.24, 2.45) is 5.73 Å². The van der Waals surface area contributed by atoms with Crippen molar-refractivity contribution in [3.05, 3.63) is 30.1 Å². The zero-order valence-electron chi connectivity index (χ0n) is 12.2. The molecule has 3 N–H and O–H groups in total. The molecule has 1 fully saturated rings. The maximum atomic E-state index is 12.7. The van der Waals surface area contributed by atoms with Gasteiger partial charge in [0, 0.05) is 6.54 Å². The van der Waals surface area contributed by atoms with Gasteiger partial charge in [-0.15, -0.1) is 0 Å². The van der Waals surface area contributed by atoms with Gasteiger partial charge in [-0.05, 0) is 49.9 Å². The molecule has 1 aromatic rings. The van der Waals surface area contributed by atoms with E-state index >= 15 is 0 Å². The maximum absolute atomic E-state index is 12.7. The summed E-state index contributed by atoms with van der Waals surface area (Å²) in [5.41, 5.74) is 5.42. The number of carbonyl (C=O) groups is 1. The first-order valence-electron chi connectivity index (χ1n) is 7.56. The van der Waals surface area contributed by atoms with Crippen molar-refractivity contribution >= 4 is 5.91 Å². The molecule has 0 unspecified atom stereocenters. The summed E-state index contributed by atoms with van der Waals surface area (Å²) in [5.74, 6) is 0.361. The number of hydrogen-bond acceptors (Lipinski definition) is 3. The molecule has 21 heavy (non-hydrogen) atoms. The number of unbranched alkanes of at least 4 members (excludes halogenated alkanes) is 1. The number of nitrogens with one attached hydrogen (secondary N) is 1. The number of carbonyl (C=O) groups excluding carboxylic acids is 1. The van der Waals surface area contributed by atoms with Crippen LogP contribution < -0.4 is 15.8 Å². The van der Waals surface area contributed by atoms with E-state index in [-0.39, 0.29) is 11.7 Å². The van der Waals surface area contributed by atoms with Crippen molar-refractivity contribution in [3.8, 4) is 5.75 Å². The zero-order valence-corrected chi connectivity index (χ0v) is 12.2. The Labute approximate surface area is 124 Å². The van der Waals surface area contributed by atoms with E-state index in [9.17, 15) is 9.18 Å². The van der Waals surface area contributed by atoms with Crippen LogP contribution in [0.5, 0.6) is 5.75 Å². The minimum Gasteiger partial charge on any atom is -0.494 e. The third-order valence-electron chi connectivity index (χ3n) is 3.89. The predicted molar refractivity (Wildman–Crippen MR) is 79.5 cm³/mol. The molecule has 2 rings (SSSR count). The number of benzene rings is 1. The average molecular weight is 294 g/mol. The first-order chi connectivity index (χ1) is 10.1. The van der Waals surface area contributed by atoms with Gasteiger partial charge >= 0.3 is 0 Å². The molecule has 1 aliphatic carbocycles. The Kier molecular flexibility index (Phi) is 5.56. The lowest BCUT2D eigenvalue weighted by Gasteiger charge is -2.22. The summed E-state index contributed by atoms with van der Waals surface area (Å²) in [6.45, 7) is 1.17. The van der Waals surface area contributed by atoms with Crippen molar-refractivity contribution < 1.29 is 13.9 Å². The van der Waals surface area contributed by atoms with Crippen LogP contribution in [0.15, 0.2) is 24.3 Å². The summed E-state index contributed by atoms with van der Waals surface area (Å²) in [7, 11) is 0. The highest BCUT2D eigenvalue weighted by molar-refractivity contribution is 5.86. The molecule has 116 valence electrons. The monoisotopic (exact) mass is 294 g/mol. The molecule has 0 bridgehead atoms. The lowest BCUT2D eigenvalue weighted by Crippen LogP contribution is -2.52. The largest absolute Gasteiger partial charge is 0.494 e. The van der Waals surface area contributed by atoms with E-state index in [0.29, 0.717) is 18.9 Å². The maximum Gasteiger partial charge on any atom is 0.240 e. The standard InChI is InChI=1S/C16H23FN2O2/c17-13-5-7-14(8-6-13)21-12-4-3-11-19-15(20)16(18)9-1-2-10-16/h5-8H,1-4,9-12,18H2,(H,19,20). The Balaban J connectivity index is 1.56. The molecule has 0 atom stereocenters. The first kappa shape index (κ1) is 15.8. The van der Waals surface area contributed by atoms with Gasteiger partial charge < -0.3 is 15.8 Å². The van der Waals surface area contributed by atoms with Crippen LogP contribution in [0.2, 0.25) is 0 Å². The van der Waals surface area contributed by atoms with E-state index in [4.69, 9.17) is 10.5 Å². The number of ether oxygens (including phenoxy) is 1. The van der Waals surface area contributed by atoms with Crippen molar-refractivity contribution in [2.45, 2.75) is 44.1 Å². The molecule has 1 aliphatic rings. The normalized spacial score (nSPS) is 16.7. The smallest absolute Gasteiger partial charge is 0.240 e. The lowest BCUT2D eigenvalue weighted by atomic mass is 9.98. The fraction of sp³-hybridized carbons (Fsp3) is 0.562. The second kappa shape index (κ2) is 7.41. The minimum absolute atomic E-state index is 0.0283. The van der Waals surface area contributed by atoms with E-state index in [1.54, 1.807) is 12.1 Å². The van der Waals surface area contributed by atoms with Gasteiger partial charge in [-0.3, -0.25) is 4.79 Å². The minimum atomic E-state index is -0.648. The van der Waals surface area contributed by atoms with Gasteiger partial charge in [-0.2, -0.15) is 0 Å². The molecule has 1 amide bonds. The van der Waals surface area contributed by atoms with Crippen LogP contribution in [0.1, 0.15) is 38.5 Å². The van der Waals surface area contributed by atoms with E-state index in [2.05, 4.69) is 5.32 Å². The van der Waals surface area contributed by atoms with Gasteiger partial charge in [-0.1, -0.05) is 12.8 Å². The Hall–Kier alpha value is -1.62. The van der Waals surface area contributed by atoms with Crippen LogP contribution in [-0.2, 0) is 4.79 Å². The number of halogens is 1. The van der Waals surface area contributed by atoms with Crippen molar-refractivity contribution in [1.29, 1.82) is 0 Å². The molecular formula is C16H23FN2O2. The zero-order chi connectivity index (χ0) is 15.1. The van der Waals surface area contributed by atoms with Gasteiger partial charge in [0.05, 0.1) is 12.1 Å². The summed E-state index contributed by atoms with van der Waals surface area (Å²) < 4.78 is 18.2. The quantitative estimate of drug-likeness (QED) is 0.759. The average Bonchev–Trinajstić information content (AvgIpc) is 2.92. The van der Waals surface area contributed by atoms with Crippen LogP contribution in [-0.4, -0.2) is 24.6 Å². The molecule has 0 aliphatic heterocycles. The molecule has 4 nitrogen and oxygen atoms in total. The summed E-state index contributed by atoms with van der Waals surface area (Å²) in [5, 5.41) is 2.90. The van der Waals surface area contributed by atoms with E-state index in [1.807, 2.05) is 0 Å². The van der Waals surface area contributed by atoms with Gasteiger partial charge in [0.15, 0.2) is 0 Å². The van der Waals surface area contributed by atoms with Gasteiger partial charge in [0.25, 0.3) is 0 Å². The third kappa shape index (κ3) is 4.70. The van der Waals surface area contributed by atoms with E-state index in [1.165, 1.54) is 12.1 Å². The van der Waals surface area contributed by atoms with Gasteiger partial charge in [-0.25, -0.2) is 4.39 Å². The molecule has 0 radical (unpaired) electrons. The highest BCUT2D eigenvalue weighted by atomic mass is 19.1. The van der Waals surface area contributed by atoms with Crippen LogP contribution in [0.25, 0.3) is 0 Å². The van der Waals surface area contributed by atoms with Crippen molar-refractivity contribution in [2.75, 3.05) is 13.2 Å². The Morgan fingerprint density at radius 1 is 1.24 bits per heavy atom. The Bertz CT molecular complexity index is 456. The molecule has 1 saturated carbocycles. The molecule has 1 aromatic carbocycles. The van der Waals surface area contributed by atoms with Crippen LogP contribution in [0, 0.1) is 5.82 Å². The first-order valence-corrected chi connectivity index (χ1v) is 7.56. The number of rotatable bonds is 7. The molecule has 5 heteroatoms. The topological polar surface area (TPSA) is 64.4 Å². The summed E-state index contributed by atoms with van der Waals surface area (Å²) in [6.07, 6.45) is 5.31. The molecule has 0 spiro atoms. The highest BCUT2D eigenvalue weighted by Gasteiger charge is 2.36. The predicted octanol–water partition coefficient (Wildman–Crippen LogP) is 2.37. The number of nitrogens with two attached hydrogens (primary N) is 1. The third-order valence-corrected chi connectivity index (χ3v) is 3.89. The Morgan fingerprint density at radius 2 is 1.90 bits per heavy atom. The highest BCUT2D eigenvalue weighted by Crippen LogP contribution is 2.27. The fourth-order valence-corrected chi connectivity index (χ4v) is 2.56. The Morgan fingerprint density at radius 3 is 2.57 bits per heavy atom. The van der Waals surface area contributed by atoms with E-state index < -0.39 is 5.54 Å². The van der Waals surface area contributed by atoms with E-state index in [0.717, 1.165) is 38.5 Å². The van der Waals surface area contributed by atoms with Gasteiger partial charge in [0.2, 0.25) is 5.91 Å². The van der Waals surface area contributed by atoms with Crippen LogP contribution in [0.4, 0.5) is 4.39 Å². The molecule has 0 heterocycles. The van der Waals surface area contributed by atoms with Crippen molar-refractivity contribution in [1.82, 2.24) is 5.32 Å². The van der Waals surface area contributed by atoms with Gasteiger partial charge in [0.1, 0.15) is 11.6 Å².